The first kappa shape index (κ1) is 15.2. The molecule has 5 nitrogen and oxygen atoms in total. The highest BCUT2D eigenvalue weighted by molar-refractivity contribution is 7.89. The number of nitrogens with zero attached hydrogens (tertiary/aromatic N) is 1. The predicted molar refractivity (Wildman–Crippen MR) is 79.7 cm³/mol. The van der Waals surface area contributed by atoms with Gasteiger partial charge < -0.3 is 5.11 Å². The van der Waals surface area contributed by atoms with Crippen LogP contribution in [0.5, 0.6) is 0 Å². The second-order valence-electron chi connectivity index (χ2n) is 4.66. The van der Waals surface area contributed by atoms with Crippen molar-refractivity contribution in [2.75, 3.05) is 14.1 Å². The second-order valence-corrected chi connectivity index (χ2v) is 6.81. The van der Waals surface area contributed by atoms with Crippen LogP contribution in [-0.2, 0) is 10.0 Å². The minimum atomic E-state index is -3.49. The predicted octanol–water partition coefficient (Wildman–Crippen LogP) is 2.30. The second kappa shape index (κ2) is 5.67. The van der Waals surface area contributed by atoms with E-state index in [1.165, 1.54) is 32.3 Å². The third kappa shape index (κ3) is 2.96. The topological polar surface area (TPSA) is 74.7 Å². The minimum Gasteiger partial charge on any atom is -0.478 e. The summed E-state index contributed by atoms with van der Waals surface area (Å²) in [5.41, 5.74) is 1.39. The van der Waals surface area contributed by atoms with Crippen LogP contribution in [0.25, 0.3) is 11.1 Å². The third-order valence-electron chi connectivity index (χ3n) is 3.10. The fourth-order valence-corrected chi connectivity index (χ4v) is 2.84. The number of hydrogen-bond donors (Lipinski definition) is 1. The van der Waals surface area contributed by atoms with Crippen LogP contribution in [0.1, 0.15) is 10.4 Å². The molecule has 2 rings (SSSR count). The molecular weight excluding hydrogens is 290 g/mol. The van der Waals surface area contributed by atoms with Gasteiger partial charge in [0.25, 0.3) is 0 Å². The third-order valence-corrected chi connectivity index (χ3v) is 4.93. The summed E-state index contributed by atoms with van der Waals surface area (Å²) in [6.45, 7) is 0. The van der Waals surface area contributed by atoms with Gasteiger partial charge in [-0.15, -0.1) is 0 Å². The van der Waals surface area contributed by atoms with Crippen LogP contribution < -0.4 is 0 Å². The molecule has 21 heavy (non-hydrogen) atoms. The van der Waals surface area contributed by atoms with Gasteiger partial charge in [0, 0.05) is 14.1 Å². The highest BCUT2D eigenvalue weighted by Gasteiger charge is 2.17. The van der Waals surface area contributed by atoms with Gasteiger partial charge in [-0.3, -0.25) is 0 Å². The molecule has 0 bridgehead atoms. The van der Waals surface area contributed by atoms with E-state index in [2.05, 4.69) is 0 Å². The summed E-state index contributed by atoms with van der Waals surface area (Å²) in [7, 11) is -0.563. The summed E-state index contributed by atoms with van der Waals surface area (Å²) in [6, 6.07) is 12.8. The maximum atomic E-state index is 12.0. The molecule has 0 atom stereocenters. The Bertz CT molecular complexity index is 765. The Morgan fingerprint density at radius 3 is 2.10 bits per heavy atom. The lowest BCUT2D eigenvalue weighted by Gasteiger charge is -2.12. The van der Waals surface area contributed by atoms with E-state index in [4.69, 9.17) is 0 Å². The van der Waals surface area contributed by atoms with Crippen molar-refractivity contribution in [2.24, 2.45) is 0 Å². The van der Waals surface area contributed by atoms with Crippen molar-refractivity contribution in [3.8, 4) is 11.1 Å². The Balaban J connectivity index is 2.48. The largest absolute Gasteiger partial charge is 0.478 e. The summed E-state index contributed by atoms with van der Waals surface area (Å²) >= 11 is 0. The molecule has 6 heteroatoms. The summed E-state index contributed by atoms with van der Waals surface area (Å²) in [5, 5.41) is 9.18. The lowest BCUT2D eigenvalue weighted by atomic mass is 10.00. The van der Waals surface area contributed by atoms with E-state index in [0.717, 1.165) is 4.31 Å². The number of benzene rings is 2. The van der Waals surface area contributed by atoms with Gasteiger partial charge >= 0.3 is 5.97 Å². The van der Waals surface area contributed by atoms with E-state index in [0.29, 0.717) is 11.1 Å². The summed E-state index contributed by atoms with van der Waals surface area (Å²) in [5.74, 6) is -1.02. The van der Waals surface area contributed by atoms with Gasteiger partial charge in [-0.05, 0) is 29.3 Å². The molecule has 0 saturated carbocycles. The Hall–Kier alpha value is -2.18. The number of carboxylic acid groups (broad SMARTS) is 1. The molecule has 0 amide bonds. The zero-order valence-electron chi connectivity index (χ0n) is 11.6. The van der Waals surface area contributed by atoms with Crippen LogP contribution in [0.2, 0.25) is 0 Å². The van der Waals surface area contributed by atoms with Crippen molar-refractivity contribution in [3.05, 3.63) is 54.1 Å². The first-order chi connectivity index (χ1) is 9.84. The number of carboxylic acids is 1. The highest BCUT2D eigenvalue weighted by Crippen LogP contribution is 2.25. The Labute approximate surface area is 123 Å². The molecule has 0 saturated heterocycles. The van der Waals surface area contributed by atoms with Crippen molar-refractivity contribution in [2.45, 2.75) is 4.90 Å². The van der Waals surface area contributed by atoms with E-state index < -0.39 is 16.0 Å². The number of rotatable bonds is 4. The van der Waals surface area contributed by atoms with Gasteiger partial charge in [-0.25, -0.2) is 17.5 Å². The maximum Gasteiger partial charge on any atom is 0.336 e. The summed E-state index contributed by atoms with van der Waals surface area (Å²) in [4.78, 5) is 11.4. The van der Waals surface area contributed by atoms with E-state index >= 15 is 0 Å². The van der Waals surface area contributed by atoms with E-state index in [9.17, 15) is 18.3 Å². The van der Waals surface area contributed by atoms with Crippen LogP contribution in [0, 0.1) is 0 Å². The summed E-state index contributed by atoms with van der Waals surface area (Å²) < 4.78 is 25.1. The average molecular weight is 305 g/mol. The van der Waals surface area contributed by atoms with Gasteiger partial charge in [-0.1, -0.05) is 30.3 Å². The zero-order valence-corrected chi connectivity index (χ0v) is 12.5. The monoisotopic (exact) mass is 305 g/mol. The zero-order chi connectivity index (χ0) is 15.6. The van der Waals surface area contributed by atoms with Crippen LogP contribution >= 0.6 is 0 Å². The van der Waals surface area contributed by atoms with Crippen molar-refractivity contribution in [1.82, 2.24) is 4.31 Å². The smallest absolute Gasteiger partial charge is 0.336 e. The highest BCUT2D eigenvalue weighted by atomic mass is 32.2. The fraction of sp³-hybridized carbons (Fsp3) is 0.133. The Kier molecular flexibility index (Phi) is 4.11. The normalized spacial score (nSPS) is 11.6. The van der Waals surface area contributed by atoms with Gasteiger partial charge in [0.2, 0.25) is 10.0 Å². The number of sulfonamides is 1. The van der Waals surface area contributed by atoms with Crippen LogP contribution in [0.3, 0.4) is 0 Å². The molecule has 0 fully saturated rings. The minimum absolute atomic E-state index is 0.170. The van der Waals surface area contributed by atoms with Crippen molar-refractivity contribution in [3.63, 3.8) is 0 Å². The Morgan fingerprint density at radius 2 is 1.57 bits per heavy atom. The van der Waals surface area contributed by atoms with Gasteiger partial charge in [0.1, 0.15) is 0 Å². The fourth-order valence-electron chi connectivity index (χ4n) is 1.94. The van der Waals surface area contributed by atoms with Crippen LogP contribution in [0.4, 0.5) is 0 Å². The van der Waals surface area contributed by atoms with Crippen molar-refractivity contribution >= 4 is 16.0 Å². The summed E-state index contributed by atoms with van der Waals surface area (Å²) in [6.07, 6.45) is 0. The number of hydrogen-bond acceptors (Lipinski definition) is 3. The first-order valence-corrected chi connectivity index (χ1v) is 7.63. The van der Waals surface area contributed by atoms with Crippen LogP contribution in [-0.4, -0.2) is 37.9 Å². The van der Waals surface area contributed by atoms with Gasteiger partial charge in [-0.2, -0.15) is 0 Å². The molecule has 110 valence electrons. The van der Waals surface area contributed by atoms with Crippen molar-refractivity contribution < 1.29 is 18.3 Å². The molecule has 0 radical (unpaired) electrons. The maximum absolute atomic E-state index is 12.0. The van der Waals surface area contributed by atoms with Crippen molar-refractivity contribution in [1.29, 1.82) is 0 Å². The molecular formula is C15H15NO4S. The molecule has 0 aliphatic rings. The van der Waals surface area contributed by atoms with Crippen LogP contribution in [0.15, 0.2) is 53.4 Å². The lowest BCUT2D eigenvalue weighted by molar-refractivity contribution is 0.0697. The first-order valence-electron chi connectivity index (χ1n) is 6.19. The van der Waals surface area contributed by atoms with E-state index in [1.807, 2.05) is 0 Å². The molecule has 0 aliphatic heterocycles. The lowest BCUT2D eigenvalue weighted by Crippen LogP contribution is -2.22. The number of aromatic carboxylic acids is 1. The quantitative estimate of drug-likeness (QED) is 0.940. The SMILES string of the molecule is CN(C)S(=O)(=O)c1ccc(-c2ccccc2C(=O)O)cc1. The van der Waals surface area contributed by atoms with E-state index in [-0.39, 0.29) is 10.5 Å². The molecule has 1 N–H and O–H groups in total. The van der Waals surface area contributed by atoms with E-state index in [1.54, 1.807) is 30.3 Å². The molecule has 0 aromatic heterocycles. The Morgan fingerprint density at radius 1 is 1.00 bits per heavy atom. The molecule has 2 aromatic carbocycles. The molecule has 2 aromatic rings. The van der Waals surface area contributed by atoms with Gasteiger partial charge in [0.15, 0.2) is 0 Å². The molecule has 0 spiro atoms. The standard InChI is InChI=1S/C15H15NO4S/c1-16(2)21(19,20)12-9-7-11(8-10-12)13-5-3-4-6-14(13)15(17)18/h3-10H,1-2H3,(H,17,18). The van der Waals surface area contributed by atoms with Gasteiger partial charge in [0.05, 0.1) is 10.5 Å². The molecule has 0 unspecified atom stereocenters. The average Bonchev–Trinajstić information content (AvgIpc) is 2.47. The molecule has 0 aliphatic carbocycles. The molecule has 0 heterocycles. The number of carbonyl (C=O) groups is 1.